The number of hydrogen-bond acceptors (Lipinski definition) is 3. The molecule has 37 heavy (non-hydrogen) atoms. The number of rotatable bonds is 30. The highest BCUT2D eigenvalue weighted by Gasteiger charge is 2.26. The number of carbonyl (C=O) groups excluding carboxylic acids is 1. The summed E-state index contributed by atoms with van der Waals surface area (Å²) in [6.07, 6.45) is 37.2. The predicted molar refractivity (Wildman–Crippen MR) is 158 cm³/mol. The molecule has 0 amide bonds. The van der Waals surface area contributed by atoms with Crippen LogP contribution >= 0.6 is 0 Å². The van der Waals surface area contributed by atoms with Crippen molar-refractivity contribution in [1.82, 2.24) is 0 Å². The summed E-state index contributed by atoms with van der Waals surface area (Å²) < 4.78 is 4.57. The lowest BCUT2D eigenvalue weighted by Gasteiger charge is -2.09. The van der Waals surface area contributed by atoms with Crippen molar-refractivity contribution in [1.29, 1.82) is 0 Å². The number of methoxy groups -OCH3 is 1. The summed E-state index contributed by atoms with van der Waals surface area (Å²) >= 11 is 0. The van der Waals surface area contributed by atoms with Gasteiger partial charge in [0, 0.05) is 0 Å². The highest BCUT2D eigenvalue weighted by molar-refractivity contribution is 5.93. The van der Waals surface area contributed by atoms with Crippen LogP contribution in [0, 0.1) is 5.92 Å². The first kappa shape index (κ1) is 35.9. The quantitative estimate of drug-likeness (QED) is 0.0576. The van der Waals surface area contributed by atoms with Crippen molar-refractivity contribution >= 4 is 11.9 Å². The zero-order chi connectivity index (χ0) is 27.2. The van der Waals surface area contributed by atoms with Crippen LogP contribution in [0.1, 0.15) is 187 Å². The average molecular weight is 525 g/mol. The van der Waals surface area contributed by atoms with Gasteiger partial charge in [0.2, 0.25) is 0 Å². The molecule has 0 aromatic rings. The number of hydrogen-bond donors (Lipinski definition) is 1. The molecule has 0 rings (SSSR count). The minimum atomic E-state index is -1.07. The minimum Gasteiger partial charge on any atom is -0.481 e. The number of ether oxygens (including phenoxy) is 1. The van der Waals surface area contributed by atoms with E-state index in [1.165, 1.54) is 161 Å². The van der Waals surface area contributed by atoms with Crippen LogP contribution in [0.2, 0.25) is 0 Å². The molecule has 0 fully saturated rings. The third kappa shape index (κ3) is 26.3. The Morgan fingerprint density at radius 1 is 0.486 bits per heavy atom. The largest absolute Gasteiger partial charge is 0.481 e. The van der Waals surface area contributed by atoms with E-state index in [1.807, 2.05) is 0 Å². The highest BCUT2D eigenvalue weighted by Crippen LogP contribution is 2.17. The van der Waals surface area contributed by atoms with Gasteiger partial charge in [0.05, 0.1) is 7.11 Å². The van der Waals surface area contributed by atoms with Crippen molar-refractivity contribution in [2.24, 2.45) is 5.92 Å². The van der Waals surface area contributed by atoms with Crippen molar-refractivity contribution < 1.29 is 19.4 Å². The van der Waals surface area contributed by atoms with Gasteiger partial charge in [-0.1, -0.05) is 180 Å². The van der Waals surface area contributed by atoms with E-state index in [0.717, 1.165) is 19.3 Å². The molecular formula is C33H64O4. The molecule has 0 aliphatic heterocycles. The number of carboxylic acid groups (broad SMARTS) is 1. The van der Waals surface area contributed by atoms with E-state index in [1.54, 1.807) is 0 Å². The van der Waals surface area contributed by atoms with Crippen LogP contribution in [0.3, 0.4) is 0 Å². The van der Waals surface area contributed by atoms with Gasteiger partial charge < -0.3 is 9.84 Å². The molecule has 0 aromatic heterocycles. The SMILES string of the molecule is CCCCCCCCCCCCCCCCCCCCCCCCCCCCCC(C(=O)O)C(=O)OC. The van der Waals surface area contributed by atoms with Crippen LogP contribution in [0.25, 0.3) is 0 Å². The fraction of sp³-hybridized carbons (Fsp3) is 0.939. The topological polar surface area (TPSA) is 63.6 Å². The van der Waals surface area contributed by atoms with Crippen molar-refractivity contribution in [2.75, 3.05) is 7.11 Å². The Morgan fingerprint density at radius 3 is 0.946 bits per heavy atom. The lowest BCUT2D eigenvalue weighted by Crippen LogP contribution is -2.24. The van der Waals surface area contributed by atoms with Crippen LogP contribution in [-0.2, 0) is 14.3 Å². The number of carboxylic acids is 1. The molecule has 220 valence electrons. The smallest absolute Gasteiger partial charge is 0.320 e. The van der Waals surface area contributed by atoms with Crippen molar-refractivity contribution in [3.8, 4) is 0 Å². The number of esters is 1. The summed E-state index contributed by atoms with van der Waals surface area (Å²) in [5.74, 6) is -2.69. The number of carbonyl (C=O) groups is 2. The molecule has 4 nitrogen and oxygen atoms in total. The van der Waals surface area contributed by atoms with Crippen LogP contribution in [0.15, 0.2) is 0 Å². The molecule has 0 radical (unpaired) electrons. The Balaban J connectivity index is 3.17. The van der Waals surface area contributed by atoms with Gasteiger partial charge in [-0.15, -0.1) is 0 Å². The highest BCUT2D eigenvalue weighted by atomic mass is 16.5. The fourth-order valence-corrected chi connectivity index (χ4v) is 5.33. The van der Waals surface area contributed by atoms with Crippen LogP contribution in [0.4, 0.5) is 0 Å². The molecule has 0 aliphatic carbocycles. The molecule has 1 unspecified atom stereocenters. The van der Waals surface area contributed by atoms with Gasteiger partial charge >= 0.3 is 11.9 Å². The van der Waals surface area contributed by atoms with Gasteiger partial charge in [0.1, 0.15) is 0 Å². The molecule has 4 heteroatoms. The van der Waals surface area contributed by atoms with Crippen molar-refractivity contribution in [3.63, 3.8) is 0 Å². The molecule has 0 aliphatic rings. The van der Waals surface area contributed by atoms with E-state index in [9.17, 15) is 9.59 Å². The Bertz CT molecular complexity index is 491. The number of unbranched alkanes of at least 4 members (excludes halogenated alkanes) is 26. The Labute approximate surface area is 231 Å². The normalized spacial score (nSPS) is 12.1. The first-order valence-corrected chi connectivity index (χ1v) is 16.4. The molecule has 0 aromatic carbocycles. The molecule has 0 bridgehead atoms. The molecule has 0 heterocycles. The van der Waals surface area contributed by atoms with E-state index in [0.29, 0.717) is 6.42 Å². The molecule has 1 atom stereocenters. The fourth-order valence-electron chi connectivity index (χ4n) is 5.33. The van der Waals surface area contributed by atoms with Gasteiger partial charge in [-0.2, -0.15) is 0 Å². The van der Waals surface area contributed by atoms with E-state index in [-0.39, 0.29) is 0 Å². The summed E-state index contributed by atoms with van der Waals surface area (Å²) in [4.78, 5) is 22.5. The molecule has 0 saturated carbocycles. The maximum absolute atomic E-state index is 11.4. The standard InChI is InChI=1S/C33H64O4/c1-3-4-5-6-7-8-9-10-11-12-13-14-15-16-17-18-19-20-21-22-23-24-25-26-27-28-29-30-31(32(34)35)33(36)37-2/h31H,3-30H2,1-2H3,(H,34,35). The Morgan fingerprint density at radius 2 is 0.730 bits per heavy atom. The summed E-state index contributed by atoms with van der Waals surface area (Å²) in [7, 11) is 1.25. The predicted octanol–water partition coefficient (Wildman–Crippen LogP) is 10.8. The summed E-state index contributed by atoms with van der Waals surface area (Å²) in [5, 5.41) is 9.07. The monoisotopic (exact) mass is 524 g/mol. The van der Waals surface area contributed by atoms with Crippen LogP contribution in [0.5, 0.6) is 0 Å². The average Bonchev–Trinajstić information content (AvgIpc) is 2.89. The van der Waals surface area contributed by atoms with Crippen molar-refractivity contribution in [3.05, 3.63) is 0 Å². The van der Waals surface area contributed by atoms with E-state index in [2.05, 4.69) is 11.7 Å². The van der Waals surface area contributed by atoms with E-state index < -0.39 is 17.9 Å². The van der Waals surface area contributed by atoms with Crippen molar-refractivity contribution in [2.45, 2.75) is 187 Å². The van der Waals surface area contributed by atoms with Gasteiger partial charge in [0.25, 0.3) is 0 Å². The van der Waals surface area contributed by atoms with Gasteiger partial charge in [-0.25, -0.2) is 0 Å². The first-order valence-electron chi connectivity index (χ1n) is 16.4. The second-order valence-corrected chi connectivity index (χ2v) is 11.4. The Hall–Kier alpha value is -1.06. The second-order valence-electron chi connectivity index (χ2n) is 11.4. The second kappa shape index (κ2) is 29.5. The first-order chi connectivity index (χ1) is 18.1. The minimum absolute atomic E-state index is 0.390. The molecule has 0 saturated heterocycles. The third-order valence-electron chi connectivity index (χ3n) is 7.88. The van der Waals surface area contributed by atoms with Gasteiger partial charge in [-0.3, -0.25) is 9.59 Å². The molecule has 1 N–H and O–H groups in total. The van der Waals surface area contributed by atoms with E-state index >= 15 is 0 Å². The van der Waals surface area contributed by atoms with Gasteiger partial charge in [-0.05, 0) is 6.42 Å². The lowest BCUT2D eigenvalue weighted by atomic mass is 10.00. The zero-order valence-electron chi connectivity index (χ0n) is 25.0. The maximum atomic E-state index is 11.4. The maximum Gasteiger partial charge on any atom is 0.320 e. The Kier molecular flexibility index (Phi) is 28.7. The van der Waals surface area contributed by atoms with Crippen LogP contribution < -0.4 is 0 Å². The van der Waals surface area contributed by atoms with E-state index in [4.69, 9.17) is 5.11 Å². The number of aliphatic carboxylic acids is 1. The summed E-state index contributed by atoms with van der Waals surface area (Å²) in [6.45, 7) is 2.29. The molecule has 0 spiro atoms. The lowest BCUT2D eigenvalue weighted by molar-refractivity contribution is -0.157. The summed E-state index contributed by atoms with van der Waals surface area (Å²) in [6, 6.07) is 0. The third-order valence-corrected chi connectivity index (χ3v) is 7.88. The van der Waals surface area contributed by atoms with Crippen LogP contribution in [-0.4, -0.2) is 24.2 Å². The zero-order valence-corrected chi connectivity index (χ0v) is 25.0. The molecular weight excluding hydrogens is 460 g/mol. The van der Waals surface area contributed by atoms with Gasteiger partial charge in [0.15, 0.2) is 5.92 Å². The summed E-state index contributed by atoms with van der Waals surface area (Å²) in [5.41, 5.74) is 0.